The Bertz CT molecular complexity index is 1130. The molecule has 0 aliphatic rings. The first kappa shape index (κ1) is 27.1. The third-order valence-corrected chi connectivity index (χ3v) is 8.50. The summed E-state index contributed by atoms with van der Waals surface area (Å²) in [4.78, 5) is 0.0812. The van der Waals surface area contributed by atoms with Crippen molar-refractivity contribution >= 4 is 17.6 Å². The van der Waals surface area contributed by atoms with E-state index in [0.29, 0.717) is 5.57 Å². The van der Waals surface area contributed by atoms with Crippen LogP contribution in [0.1, 0.15) is 52.7 Å². The van der Waals surface area contributed by atoms with Crippen molar-refractivity contribution < 1.29 is 22.0 Å². The summed E-state index contributed by atoms with van der Waals surface area (Å²) in [6.07, 6.45) is -0.937. The Morgan fingerprint density at radius 2 is 1.45 bits per heavy atom. The van der Waals surface area contributed by atoms with Gasteiger partial charge >= 0.3 is 7.60 Å². The molecule has 8 heteroatoms. The second-order valence-corrected chi connectivity index (χ2v) is 12.3. The van der Waals surface area contributed by atoms with Crippen LogP contribution in [0.2, 0.25) is 0 Å². The summed E-state index contributed by atoms with van der Waals surface area (Å²) in [7, 11) is -8.21. The van der Waals surface area contributed by atoms with Gasteiger partial charge in [0.25, 0.3) is 10.0 Å². The van der Waals surface area contributed by atoms with Gasteiger partial charge in [0.2, 0.25) is 0 Å². The fourth-order valence-electron chi connectivity index (χ4n) is 3.03. The fraction of sp³-hybridized carbons (Fsp3) is 0.400. The van der Waals surface area contributed by atoms with Crippen LogP contribution in [0.3, 0.4) is 0 Å². The number of benzene rings is 2. The maximum atomic E-state index is 14.2. The fourth-order valence-corrected chi connectivity index (χ4v) is 7.04. The van der Waals surface area contributed by atoms with E-state index < -0.39 is 29.8 Å². The number of hydrogen-bond donors (Lipinski definition) is 0. The molecule has 2 aromatic carbocycles. The molecular weight excluding hydrogens is 457 g/mol. The van der Waals surface area contributed by atoms with Crippen LogP contribution in [-0.4, -0.2) is 24.9 Å². The Kier molecular flexibility index (Phi) is 9.30. The Labute approximate surface area is 198 Å². The van der Waals surface area contributed by atoms with Crippen LogP contribution in [-0.2, 0) is 30.2 Å². The van der Waals surface area contributed by atoms with E-state index in [0.717, 1.165) is 15.4 Å². The van der Waals surface area contributed by atoms with E-state index in [1.165, 1.54) is 0 Å². The standard InChI is InChI=1S/C25H34NO5PS/c1-19(2)17-25(32(27,30-20(3)4)31-21(5)6)26(18-23-11-9-8-10-12-23)33(28,29)24-15-13-22(7)14-16-24/h8-16,20-21H,18H2,1-7H3. The molecule has 0 saturated carbocycles. The van der Waals surface area contributed by atoms with Gasteiger partial charge in [-0.1, -0.05) is 53.8 Å². The van der Waals surface area contributed by atoms with Crippen molar-refractivity contribution in [1.82, 2.24) is 4.31 Å². The molecule has 0 fully saturated rings. The van der Waals surface area contributed by atoms with Gasteiger partial charge in [0, 0.05) is 0 Å². The van der Waals surface area contributed by atoms with Gasteiger partial charge in [0.05, 0.1) is 23.6 Å². The summed E-state index contributed by atoms with van der Waals surface area (Å²) in [5.41, 5.74) is 5.17. The molecule has 0 atom stereocenters. The third-order valence-electron chi connectivity index (χ3n) is 4.33. The number of hydrogen-bond acceptors (Lipinski definition) is 5. The largest absolute Gasteiger partial charge is 0.386 e. The first-order chi connectivity index (χ1) is 15.3. The second-order valence-electron chi connectivity index (χ2n) is 8.56. The van der Waals surface area contributed by atoms with Gasteiger partial charge in [-0.3, -0.25) is 4.57 Å². The lowest BCUT2D eigenvalue weighted by Gasteiger charge is -2.31. The smallest absolute Gasteiger partial charge is 0.301 e. The predicted octanol–water partition coefficient (Wildman–Crippen LogP) is 6.64. The van der Waals surface area contributed by atoms with Gasteiger partial charge in [-0.2, -0.15) is 0 Å². The van der Waals surface area contributed by atoms with Crippen LogP contribution < -0.4 is 0 Å². The molecule has 0 aromatic heterocycles. The molecule has 0 saturated heterocycles. The summed E-state index contributed by atoms with van der Waals surface area (Å²) in [6.45, 7) is 12.3. The maximum Gasteiger partial charge on any atom is 0.386 e. The van der Waals surface area contributed by atoms with E-state index in [4.69, 9.17) is 9.05 Å². The molecule has 33 heavy (non-hydrogen) atoms. The molecule has 2 rings (SSSR count). The molecule has 0 spiro atoms. The maximum absolute atomic E-state index is 14.2. The van der Waals surface area contributed by atoms with E-state index >= 15 is 0 Å². The molecular formula is C25H34NO5PS. The molecule has 0 N–H and O–H groups in total. The highest BCUT2D eigenvalue weighted by Crippen LogP contribution is 2.59. The normalized spacial score (nSPS) is 12.0. The van der Waals surface area contributed by atoms with Crippen molar-refractivity contribution in [3.05, 3.63) is 82.5 Å². The van der Waals surface area contributed by atoms with E-state index in [-0.39, 0.29) is 16.9 Å². The molecule has 0 amide bonds. The van der Waals surface area contributed by atoms with E-state index in [9.17, 15) is 13.0 Å². The van der Waals surface area contributed by atoms with Gasteiger partial charge in [0.15, 0.2) is 5.44 Å². The monoisotopic (exact) mass is 491 g/mol. The zero-order valence-electron chi connectivity index (χ0n) is 20.4. The van der Waals surface area contributed by atoms with Gasteiger partial charge in [-0.05, 0) is 71.7 Å². The quantitative estimate of drug-likeness (QED) is 0.275. The zero-order valence-corrected chi connectivity index (χ0v) is 22.1. The third kappa shape index (κ3) is 7.43. The number of rotatable bonds is 10. The predicted molar refractivity (Wildman–Crippen MR) is 132 cm³/mol. The Morgan fingerprint density at radius 1 is 0.939 bits per heavy atom. The summed E-state index contributed by atoms with van der Waals surface area (Å²) >= 11 is 0. The van der Waals surface area contributed by atoms with Crippen LogP contribution in [0.15, 0.2) is 76.2 Å². The van der Waals surface area contributed by atoms with Crippen molar-refractivity contribution in [3.63, 3.8) is 0 Å². The van der Waals surface area contributed by atoms with Gasteiger partial charge in [-0.15, -0.1) is 0 Å². The topological polar surface area (TPSA) is 72.9 Å². The lowest BCUT2D eigenvalue weighted by Crippen LogP contribution is -2.31. The first-order valence-corrected chi connectivity index (χ1v) is 13.9. The van der Waals surface area contributed by atoms with Crippen LogP contribution in [0.4, 0.5) is 0 Å². The van der Waals surface area contributed by atoms with Crippen LogP contribution in [0, 0.1) is 6.92 Å². The molecule has 0 aliphatic heterocycles. The van der Waals surface area contributed by atoms with Crippen molar-refractivity contribution in [1.29, 1.82) is 0 Å². The molecule has 0 heterocycles. The SMILES string of the molecule is CC(C)=C=C(N(Cc1ccccc1)S(=O)(=O)c1ccc(C)cc1)P(=O)(OC(C)C)OC(C)C. The molecule has 0 bridgehead atoms. The molecule has 0 aliphatic carbocycles. The minimum absolute atomic E-state index is 0.0560. The minimum atomic E-state index is -4.13. The summed E-state index contributed by atoms with van der Waals surface area (Å²) in [5, 5.41) is 0. The van der Waals surface area contributed by atoms with Crippen LogP contribution in [0.5, 0.6) is 0 Å². The Morgan fingerprint density at radius 3 is 1.91 bits per heavy atom. The number of nitrogens with zero attached hydrogens (tertiary/aromatic N) is 1. The van der Waals surface area contributed by atoms with Gasteiger partial charge in [-0.25, -0.2) is 12.7 Å². The minimum Gasteiger partial charge on any atom is -0.301 e. The van der Waals surface area contributed by atoms with Gasteiger partial charge < -0.3 is 9.05 Å². The average molecular weight is 492 g/mol. The molecule has 0 radical (unpaired) electrons. The zero-order chi connectivity index (χ0) is 24.8. The lowest BCUT2D eigenvalue weighted by molar-refractivity contribution is 0.143. The van der Waals surface area contributed by atoms with Gasteiger partial charge in [0.1, 0.15) is 0 Å². The van der Waals surface area contributed by atoms with Crippen molar-refractivity contribution in [2.75, 3.05) is 0 Å². The Balaban J connectivity index is 2.82. The van der Waals surface area contributed by atoms with Crippen LogP contribution in [0.25, 0.3) is 0 Å². The van der Waals surface area contributed by atoms with Crippen molar-refractivity contribution in [2.24, 2.45) is 0 Å². The summed E-state index contributed by atoms with van der Waals surface area (Å²) < 4.78 is 54.7. The van der Waals surface area contributed by atoms with Crippen molar-refractivity contribution in [3.8, 4) is 0 Å². The highest BCUT2D eigenvalue weighted by atomic mass is 32.2. The Hall–Kier alpha value is -2.14. The van der Waals surface area contributed by atoms with E-state index in [2.05, 4.69) is 5.73 Å². The number of allylic oxidation sites excluding steroid dienone is 1. The molecule has 6 nitrogen and oxygen atoms in total. The number of aryl methyl sites for hydroxylation is 1. The molecule has 2 aromatic rings. The molecule has 0 unspecified atom stereocenters. The second kappa shape index (κ2) is 11.3. The van der Waals surface area contributed by atoms with E-state index in [1.54, 1.807) is 65.8 Å². The van der Waals surface area contributed by atoms with E-state index in [1.807, 2.05) is 37.3 Å². The highest BCUT2D eigenvalue weighted by Gasteiger charge is 2.42. The summed E-state index contributed by atoms with van der Waals surface area (Å²) in [6, 6.07) is 15.7. The lowest BCUT2D eigenvalue weighted by atomic mass is 10.2. The van der Waals surface area contributed by atoms with Crippen LogP contribution >= 0.6 is 7.60 Å². The van der Waals surface area contributed by atoms with Crippen molar-refractivity contribution in [2.45, 2.75) is 72.1 Å². The average Bonchev–Trinajstić information content (AvgIpc) is 2.70. The first-order valence-electron chi connectivity index (χ1n) is 10.9. The summed E-state index contributed by atoms with van der Waals surface area (Å²) in [5.74, 6) is 0. The molecule has 180 valence electrons. The number of sulfonamides is 1. The highest BCUT2D eigenvalue weighted by molar-refractivity contribution is 7.89.